The van der Waals surface area contributed by atoms with Gasteiger partial charge in [0.25, 0.3) is 0 Å². The summed E-state index contributed by atoms with van der Waals surface area (Å²) in [5, 5.41) is 9.59. The smallest absolute Gasteiger partial charge is 0.242 e. The van der Waals surface area contributed by atoms with Gasteiger partial charge in [-0.25, -0.2) is 8.42 Å². The number of H-pyrrole nitrogens is 1. The second-order valence-electron chi connectivity index (χ2n) is 5.18. The fourth-order valence-corrected chi connectivity index (χ4v) is 3.63. The molecule has 20 heavy (non-hydrogen) atoms. The summed E-state index contributed by atoms with van der Waals surface area (Å²) >= 11 is 0. The second kappa shape index (κ2) is 5.53. The summed E-state index contributed by atoms with van der Waals surface area (Å²) in [7, 11) is -3.37. The molecule has 0 radical (unpaired) electrons. The second-order valence-corrected chi connectivity index (χ2v) is 7.12. The summed E-state index contributed by atoms with van der Waals surface area (Å²) < 4.78 is 24.8. The third kappa shape index (κ3) is 3.01. The van der Waals surface area contributed by atoms with Crippen LogP contribution >= 0.6 is 0 Å². The molecule has 1 atom stereocenters. The topological polar surface area (TPSA) is 95.2 Å². The molecule has 0 aliphatic carbocycles. The molecule has 1 unspecified atom stereocenters. The number of aryl methyl sites for hydroxylation is 2. The first-order chi connectivity index (χ1) is 9.30. The van der Waals surface area contributed by atoms with E-state index in [9.17, 15) is 13.2 Å². The van der Waals surface area contributed by atoms with Crippen molar-refractivity contribution < 1.29 is 13.2 Å². The number of anilines is 1. The van der Waals surface area contributed by atoms with Crippen molar-refractivity contribution in [2.75, 3.05) is 18.1 Å². The molecular weight excluding hydrogens is 280 g/mol. The first-order valence-electron chi connectivity index (χ1n) is 6.60. The summed E-state index contributed by atoms with van der Waals surface area (Å²) in [6.07, 6.45) is 3.34. The number of carbonyl (C=O) groups is 1. The molecule has 2 rings (SSSR count). The minimum Gasteiger partial charge on any atom is -0.322 e. The van der Waals surface area contributed by atoms with Crippen LogP contribution in [0.1, 0.15) is 30.7 Å². The van der Waals surface area contributed by atoms with Crippen molar-refractivity contribution in [3.05, 3.63) is 11.4 Å². The number of sulfonamides is 1. The van der Waals surface area contributed by atoms with E-state index in [4.69, 9.17) is 0 Å². The Balaban J connectivity index is 2.19. The summed E-state index contributed by atoms with van der Waals surface area (Å²) in [6, 6.07) is -0.632. The molecular formula is C12H20N4O3S. The first-order valence-corrected chi connectivity index (χ1v) is 8.45. The zero-order valence-electron chi connectivity index (χ0n) is 11.9. The third-order valence-corrected chi connectivity index (χ3v) is 4.85. The van der Waals surface area contributed by atoms with Crippen molar-refractivity contribution in [1.82, 2.24) is 14.5 Å². The van der Waals surface area contributed by atoms with Gasteiger partial charge in [-0.3, -0.25) is 9.89 Å². The van der Waals surface area contributed by atoms with Crippen LogP contribution in [0.25, 0.3) is 0 Å². The number of aromatic nitrogens is 2. The Morgan fingerprint density at radius 1 is 1.40 bits per heavy atom. The molecule has 112 valence electrons. The van der Waals surface area contributed by atoms with Crippen LogP contribution in [-0.2, 0) is 14.8 Å². The molecule has 0 saturated carbocycles. The van der Waals surface area contributed by atoms with Gasteiger partial charge in [-0.2, -0.15) is 9.40 Å². The fraction of sp³-hybridized carbons (Fsp3) is 0.667. The highest BCUT2D eigenvalue weighted by Crippen LogP contribution is 2.23. The number of piperidine rings is 1. The molecule has 1 saturated heterocycles. The number of hydrogen-bond acceptors (Lipinski definition) is 4. The van der Waals surface area contributed by atoms with Gasteiger partial charge in [-0.05, 0) is 26.7 Å². The van der Waals surface area contributed by atoms with Crippen molar-refractivity contribution in [2.45, 2.75) is 39.2 Å². The molecule has 0 spiro atoms. The largest absolute Gasteiger partial charge is 0.322 e. The summed E-state index contributed by atoms with van der Waals surface area (Å²) in [6.45, 7) is 4.00. The van der Waals surface area contributed by atoms with Gasteiger partial charge in [0.1, 0.15) is 6.04 Å². The number of rotatable bonds is 3. The maximum Gasteiger partial charge on any atom is 0.242 e. The zero-order valence-corrected chi connectivity index (χ0v) is 12.7. The Kier molecular flexibility index (Phi) is 4.14. The minimum absolute atomic E-state index is 0.289. The average molecular weight is 300 g/mol. The van der Waals surface area contributed by atoms with E-state index in [2.05, 4.69) is 15.5 Å². The molecule has 2 heterocycles. The van der Waals surface area contributed by atoms with Crippen LogP contribution in [0, 0.1) is 13.8 Å². The van der Waals surface area contributed by atoms with Crippen molar-refractivity contribution in [2.24, 2.45) is 0 Å². The van der Waals surface area contributed by atoms with Crippen LogP contribution in [0.5, 0.6) is 0 Å². The molecule has 0 bridgehead atoms. The molecule has 1 aliphatic heterocycles. The number of nitrogens with zero attached hydrogens (tertiary/aromatic N) is 2. The zero-order chi connectivity index (χ0) is 14.9. The highest BCUT2D eigenvalue weighted by molar-refractivity contribution is 7.88. The van der Waals surface area contributed by atoms with E-state index in [1.165, 1.54) is 4.31 Å². The molecule has 1 aromatic heterocycles. The molecule has 1 fully saturated rings. The van der Waals surface area contributed by atoms with Gasteiger partial charge in [0.05, 0.1) is 23.3 Å². The van der Waals surface area contributed by atoms with Crippen LogP contribution in [0.4, 0.5) is 5.69 Å². The maximum absolute atomic E-state index is 12.4. The Bertz CT molecular complexity index is 589. The molecule has 1 aliphatic rings. The van der Waals surface area contributed by atoms with Gasteiger partial charge in [0.2, 0.25) is 15.9 Å². The number of hydrogen-bond donors (Lipinski definition) is 2. The summed E-state index contributed by atoms with van der Waals surface area (Å²) in [5.74, 6) is -0.289. The van der Waals surface area contributed by atoms with Crippen LogP contribution < -0.4 is 5.32 Å². The van der Waals surface area contributed by atoms with Gasteiger partial charge in [-0.15, -0.1) is 0 Å². The van der Waals surface area contributed by atoms with E-state index in [1.807, 2.05) is 6.92 Å². The molecule has 7 nitrogen and oxygen atoms in total. The van der Waals surface area contributed by atoms with Crippen LogP contribution in [0.15, 0.2) is 0 Å². The summed E-state index contributed by atoms with van der Waals surface area (Å²) in [4.78, 5) is 12.4. The Morgan fingerprint density at radius 3 is 2.65 bits per heavy atom. The number of amides is 1. The lowest BCUT2D eigenvalue weighted by molar-refractivity contribution is -0.120. The normalized spacial score (nSPS) is 20.9. The molecule has 1 aromatic rings. The van der Waals surface area contributed by atoms with Crippen LogP contribution in [-0.4, -0.2) is 47.7 Å². The standard InChI is InChI=1S/C12H20N4O3S/c1-8-11(9(2)15-14-8)13-12(17)10-6-4-5-7-16(10)20(3,18)19/h10H,4-7H2,1-3H3,(H,13,17)(H,14,15). The number of carbonyl (C=O) groups excluding carboxylic acids is 1. The van der Waals surface area contributed by atoms with E-state index < -0.39 is 16.1 Å². The lowest BCUT2D eigenvalue weighted by atomic mass is 10.0. The predicted molar refractivity (Wildman–Crippen MR) is 75.9 cm³/mol. The van der Waals surface area contributed by atoms with Gasteiger partial charge in [0, 0.05) is 6.54 Å². The van der Waals surface area contributed by atoms with Gasteiger partial charge in [-0.1, -0.05) is 6.42 Å². The molecule has 0 aromatic carbocycles. The quantitative estimate of drug-likeness (QED) is 0.862. The predicted octanol–water partition coefficient (Wildman–Crippen LogP) is 0.779. The lowest BCUT2D eigenvalue weighted by Gasteiger charge is -2.32. The monoisotopic (exact) mass is 300 g/mol. The Hall–Kier alpha value is -1.41. The molecule has 1 amide bonds. The third-order valence-electron chi connectivity index (χ3n) is 3.56. The highest BCUT2D eigenvalue weighted by atomic mass is 32.2. The fourth-order valence-electron chi connectivity index (χ4n) is 2.51. The maximum atomic E-state index is 12.4. The lowest BCUT2D eigenvalue weighted by Crippen LogP contribution is -2.49. The van der Waals surface area contributed by atoms with E-state index in [0.717, 1.165) is 24.8 Å². The first kappa shape index (κ1) is 15.0. The summed E-state index contributed by atoms with van der Waals surface area (Å²) in [5.41, 5.74) is 2.09. The van der Waals surface area contributed by atoms with Crippen LogP contribution in [0.2, 0.25) is 0 Å². The SMILES string of the molecule is Cc1n[nH]c(C)c1NC(=O)C1CCCCN1S(C)(=O)=O. The van der Waals surface area contributed by atoms with E-state index in [-0.39, 0.29) is 5.91 Å². The van der Waals surface area contributed by atoms with Gasteiger partial charge >= 0.3 is 0 Å². The van der Waals surface area contributed by atoms with E-state index >= 15 is 0 Å². The highest BCUT2D eigenvalue weighted by Gasteiger charge is 2.34. The van der Waals surface area contributed by atoms with Crippen molar-refractivity contribution in [3.63, 3.8) is 0 Å². The van der Waals surface area contributed by atoms with Crippen LogP contribution in [0.3, 0.4) is 0 Å². The molecule has 2 N–H and O–H groups in total. The van der Waals surface area contributed by atoms with E-state index in [0.29, 0.717) is 24.3 Å². The number of nitrogens with one attached hydrogen (secondary N) is 2. The number of aromatic amines is 1. The van der Waals surface area contributed by atoms with Gasteiger partial charge < -0.3 is 5.32 Å². The molecule has 8 heteroatoms. The Labute approximate surface area is 118 Å². The Morgan fingerprint density at radius 2 is 2.10 bits per heavy atom. The van der Waals surface area contributed by atoms with Crippen molar-refractivity contribution in [1.29, 1.82) is 0 Å². The van der Waals surface area contributed by atoms with Crippen molar-refractivity contribution >= 4 is 21.6 Å². The minimum atomic E-state index is -3.37. The van der Waals surface area contributed by atoms with Gasteiger partial charge in [0.15, 0.2) is 0 Å². The average Bonchev–Trinajstić information content (AvgIpc) is 2.69. The van der Waals surface area contributed by atoms with Crippen molar-refractivity contribution in [3.8, 4) is 0 Å². The van der Waals surface area contributed by atoms with E-state index in [1.54, 1.807) is 6.92 Å².